The lowest BCUT2D eigenvalue weighted by molar-refractivity contribution is -0.142. The third-order valence-electron chi connectivity index (χ3n) is 2.97. The summed E-state index contributed by atoms with van der Waals surface area (Å²) in [6, 6.07) is 0. The van der Waals surface area contributed by atoms with Crippen molar-refractivity contribution >= 4 is 19.7 Å². The lowest BCUT2D eigenvalue weighted by Crippen LogP contribution is -2.29. The second-order valence-electron chi connectivity index (χ2n) is 4.80. The van der Waals surface area contributed by atoms with Gasteiger partial charge in [0.25, 0.3) is 0 Å². The standard InChI is InChI=1S/C15H28BNO7/c1-17(14(18)13-16)4-6-22-8-10-24-12-11-23-9-7-21-5-3-15(19)20-2/h3-13H2,1-2H3. The third-order valence-corrected chi connectivity index (χ3v) is 2.97. The topological polar surface area (TPSA) is 83.5 Å². The Morgan fingerprint density at radius 2 is 1.29 bits per heavy atom. The Bertz CT molecular complexity index is 331. The van der Waals surface area contributed by atoms with Crippen LogP contribution in [0.5, 0.6) is 0 Å². The van der Waals surface area contributed by atoms with E-state index in [2.05, 4.69) is 4.74 Å². The van der Waals surface area contributed by atoms with E-state index < -0.39 is 0 Å². The molecule has 0 aliphatic heterocycles. The molecule has 24 heavy (non-hydrogen) atoms. The molecular weight excluding hydrogens is 317 g/mol. The maximum absolute atomic E-state index is 11.2. The van der Waals surface area contributed by atoms with Crippen LogP contribution in [0.15, 0.2) is 0 Å². The van der Waals surface area contributed by atoms with Crippen molar-refractivity contribution in [3.8, 4) is 0 Å². The number of hydrogen-bond acceptors (Lipinski definition) is 7. The van der Waals surface area contributed by atoms with Crippen LogP contribution in [0, 0.1) is 0 Å². The first-order valence-corrected chi connectivity index (χ1v) is 7.93. The molecule has 0 atom stereocenters. The summed E-state index contributed by atoms with van der Waals surface area (Å²) < 4.78 is 25.7. The van der Waals surface area contributed by atoms with Gasteiger partial charge in [0.1, 0.15) is 0 Å². The molecule has 0 aromatic heterocycles. The predicted octanol–water partition coefficient (Wildman–Crippen LogP) is -0.339. The number of ether oxygens (including phenoxy) is 5. The van der Waals surface area contributed by atoms with Gasteiger partial charge in [-0.05, 0) is 6.32 Å². The molecular formula is C15H28BNO7. The lowest BCUT2D eigenvalue weighted by atomic mass is 10.0. The average molecular weight is 345 g/mol. The van der Waals surface area contributed by atoms with E-state index in [0.29, 0.717) is 59.4 Å². The molecule has 2 radical (unpaired) electrons. The van der Waals surface area contributed by atoms with Crippen molar-refractivity contribution in [2.45, 2.75) is 12.7 Å². The molecule has 0 fully saturated rings. The van der Waals surface area contributed by atoms with Crippen LogP contribution in [-0.4, -0.2) is 98.2 Å². The summed E-state index contributed by atoms with van der Waals surface area (Å²) in [5.74, 6) is -0.398. The van der Waals surface area contributed by atoms with Crippen LogP contribution in [-0.2, 0) is 33.3 Å². The first-order valence-electron chi connectivity index (χ1n) is 7.93. The Hall–Kier alpha value is -1.16. The molecule has 0 spiro atoms. The second kappa shape index (κ2) is 16.7. The largest absolute Gasteiger partial charge is 0.469 e. The lowest BCUT2D eigenvalue weighted by Gasteiger charge is -2.16. The van der Waals surface area contributed by atoms with Gasteiger partial charge in [-0.3, -0.25) is 9.59 Å². The SMILES string of the molecule is [B]CC(=O)N(C)CCOCCOCCOCCOCCC(=O)OC. The highest BCUT2D eigenvalue weighted by molar-refractivity contribution is 6.19. The van der Waals surface area contributed by atoms with Crippen molar-refractivity contribution in [2.24, 2.45) is 0 Å². The minimum atomic E-state index is -0.288. The van der Waals surface area contributed by atoms with Crippen molar-refractivity contribution in [3.63, 3.8) is 0 Å². The van der Waals surface area contributed by atoms with E-state index in [0.717, 1.165) is 0 Å². The minimum absolute atomic E-state index is 0.00985. The maximum Gasteiger partial charge on any atom is 0.307 e. The summed E-state index contributed by atoms with van der Waals surface area (Å²) >= 11 is 0. The Kier molecular flexibility index (Phi) is 15.9. The summed E-state index contributed by atoms with van der Waals surface area (Å²) in [5.41, 5.74) is 0. The van der Waals surface area contributed by atoms with Crippen LogP contribution in [0.25, 0.3) is 0 Å². The summed E-state index contributed by atoms with van der Waals surface area (Å²) in [4.78, 5) is 23.5. The molecule has 0 aliphatic rings. The first kappa shape index (κ1) is 22.8. The first-order chi connectivity index (χ1) is 11.6. The van der Waals surface area contributed by atoms with Crippen LogP contribution in [0.2, 0.25) is 6.32 Å². The van der Waals surface area contributed by atoms with Crippen LogP contribution in [0.1, 0.15) is 6.42 Å². The Morgan fingerprint density at radius 3 is 1.75 bits per heavy atom. The molecule has 9 heteroatoms. The number of hydrogen-bond donors (Lipinski definition) is 0. The average Bonchev–Trinajstić information content (AvgIpc) is 2.60. The highest BCUT2D eigenvalue weighted by atomic mass is 16.6. The van der Waals surface area contributed by atoms with Gasteiger partial charge in [0, 0.05) is 13.6 Å². The summed E-state index contributed by atoms with van der Waals surface area (Å²) in [6.45, 7) is 4.02. The molecule has 1 amide bonds. The zero-order valence-electron chi connectivity index (χ0n) is 14.7. The van der Waals surface area contributed by atoms with Gasteiger partial charge >= 0.3 is 5.97 Å². The monoisotopic (exact) mass is 345 g/mol. The van der Waals surface area contributed by atoms with Crippen molar-refractivity contribution in [3.05, 3.63) is 0 Å². The molecule has 0 saturated heterocycles. The number of rotatable bonds is 16. The fourth-order valence-electron chi connectivity index (χ4n) is 1.50. The zero-order valence-corrected chi connectivity index (χ0v) is 14.7. The number of methoxy groups -OCH3 is 1. The molecule has 0 aromatic carbocycles. The molecule has 0 saturated carbocycles. The Labute approximate surface area is 145 Å². The van der Waals surface area contributed by atoms with Gasteiger partial charge in [0.2, 0.25) is 5.91 Å². The smallest absolute Gasteiger partial charge is 0.307 e. The highest BCUT2D eigenvalue weighted by Crippen LogP contribution is 1.89. The van der Waals surface area contributed by atoms with E-state index in [1.807, 2.05) is 0 Å². The molecule has 138 valence electrons. The number of esters is 1. The van der Waals surface area contributed by atoms with Gasteiger partial charge < -0.3 is 28.6 Å². The van der Waals surface area contributed by atoms with E-state index in [1.165, 1.54) is 12.0 Å². The fourth-order valence-corrected chi connectivity index (χ4v) is 1.50. The number of carbonyl (C=O) groups excluding carboxylic acids is 2. The predicted molar refractivity (Wildman–Crippen MR) is 88.1 cm³/mol. The Morgan fingerprint density at radius 1 is 0.833 bits per heavy atom. The quantitative estimate of drug-likeness (QED) is 0.215. The third kappa shape index (κ3) is 14.4. The van der Waals surface area contributed by atoms with Crippen LogP contribution in [0.3, 0.4) is 0 Å². The van der Waals surface area contributed by atoms with Gasteiger partial charge in [-0.25, -0.2) is 0 Å². The van der Waals surface area contributed by atoms with E-state index in [-0.39, 0.29) is 24.6 Å². The molecule has 0 unspecified atom stereocenters. The van der Waals surface area contributed by atoms with E-state index in [1.54, 1.807) is 7.05 Å². The molecule has 0 aliphatic carbocycles. The normalized spacial score (nSPS) is 10.6. The summed E-state index contributed by atoms with van der Waals surface area (Å²) in [6.07, 6.45) is 0.256. The highest BCUT2D eigenvalue weighted by Gasteiger charge is 2.04. The van der Waals surface area contributed by atoms with Crippen LogP contribution >= 0.6 is 0 Å². The number of carbonyl (C=O) groups is 2. The van der Waals surface area contributed by atoms with Gasteiger partial charge in [-0.1, -0.05) is 0 Å². The van der Waals surface area contributed by atoms with Crippen LogP contribution < -0.4 is 0 Å². The van der Waals surface area contributed by atoms with Crippen molar-refractivity contribution < 1.29 is 33.3 Å². The molecule has 0 rings (SSSR count). The van der Waals surface area contributed by atoms with Crippen molar-refractivity contribution in [1.29, 1.82) is 0 Å². The maximum atomic E-state index is 11.2. The molecule has 8 nitrogen and oxygen atoms in total. The Balaban J connectivity index is 3.15. The van der Waals surface area contributed by atoms with Gasteiger partial charge in [-0.2, -0.15) is 0 Å². The molecule has 0 heterocycles. The summed E-state index contributed by atoms with van der Waals surface area (Å²) in [5, 5.41) is 0. The van der Waals surface area contributed by atoms with Crippen molar-refractivity contribution in [2.75, 3.05) is 73.6 Å². The van der Waals surface area contributed by atoms with E-state index in [9.17, 15) is 9.59 Å². The van der Waals surface area contributed by atoms with Crippen molar-refractivity contribution in [1.82, 2.24) is 4.90 Å². The van der Waals surface area contributed by atoms with E-state index in [4.69, 9.17) is 26.8 Å². The minimum Gasteiger partial charge on any atom is -0.469 e. The number of nitrogens with zero attached hydrogens (tertiary/aromatic N) is 1. The molecule has 0 aromatic rings. The van der Waals surface area contributed by atoms with Gasteiger partial charge in [0.05, 0.1) is 74.2 Å². The second-order valence-corrected chi connectivity index (χ2v) is 4.80. The number of amides is 1. The van der Waals surface area contributed by atoms with Gasteiger partial charge in [0.15, 0.2) is 0 Å². The van der Waals surface area contributed by atoms with Gasteiger partial charge in [-0.15, -0.1) is 0 Å². The van der Waals surface area contributed by atoms with Crippen LogP contribution in [0.4, 0.5) is 0 Å². The van der Waals surface area contributed by atoms with E-state index >= 15 is 0 Å². The zero-order chi connectivity index (χ0) is 18.0. The molecule has 0 bridgehead atoms. The molecule has 0 N–H and O–H groups in total. The number of likely N-dealkylation sites (N-methyl/N-ethyl adjacent to an activating group) is 1. The fraction of sp³-hybridized carbons (Fsp3) is 0.867. The summed E-state index contributed by atoms with van der Waals surface area (Å²) in [7, 11) is 8.28.